The lowest BCUT2D eigenvalue weighted by Gasteiger charge is -2.16. The number of imidazole rings is 1. The number of hydrogen-bond donors (Lipinski definition) is 1. The molecule has 0 saturated carbocycles. The molecular formula is C34H67N2+. The van der Waals surface area contributed by atoms with Gasteiger partial charge in [-0.3, -0.25) is 0 Å². The molecule has 1 heterocycles. The molecule has 0 bridgehead atoms. The molecule has 0 amide bonds. The summed E-state index contributed by atoms with van der Waals surface area (Å²) in [5.41, 5.74) is 0. The average molecular weight is 504 g/mol. The molecule has 1 unspecified atom stereocenters. The Morgan fingerprint density at radius 2 is 0.917 bits per heavy atom. The van der Waals surface area contributed by atoms with E-state index >= 15 is 0 Å². The van der Waals surface area contributed by atoms with Crippen molar-refractivity contribution in [1.29, 1.82) is 0 Å². The number of hydrogen-bond acceptors (Lipinski definition) is 0. The fourth-order valence-electron chi connectivity index (χ4n) is 5.80. The van der Waals surface area contributed by atoms with E-state index in [1.54, 1.807) is 0 Å². The van der Waals surface area contributed by atoms with E-state index in [1.807, 2.05) is 0 Å². The Morgan fingerprint density at radius 3 is 1.28 bits per heavy atom. The Bertz CT molecular complexity index is 537. The van der Waals surface area contributed by atoms with Crippen molar-refractivity contribution in [1.82, 2.24) is 4.98 Å². The summed E-state index contributed by atoms with van der Waals surface area (Å²) in [6.07, 6.45) is 40.0. The zero-order chi connectivity index (χ0) is 26.1. The van der Waals surface area contributed by atoms with E-state index in [1.165, 1.54) is 166 Å². The van der Waals surface area contributed by atoms with Crippen molar-refractivity contribution in [3.8, 4) is 0 Å². The summed E-state index contributed by atoms with van der Waals surface area (Å²) < 4.78 is 2.54. The van der Waals surface area contributed by atoms with Crippen molar-refractivity contribution >= 4 is 0 Å². The van der Waals surface area contributed by atoms with Crippen LogP contribution < -0.4 is 4.57 Å². The fourth-order valence-corrected chi connectivity index (χ4v) is 5.80. The summed E-state index contributed by atoms with van der Waals surface area (Å²) in [5, 5.41) is 0. The molecule has 0 aliphatic carbocycles. The maximum Gasteiger partial charge on any atom is 0.257 e. The minimum absolute atomic E-state index is 0.600. The van der Waals surface area contributed by atoms with Crippen LogP contribution in [-0.2, 0) is 0 Å². The average Bonchev–Trinajstić information content (AvgIpc) is 3.38. The highest BCUT2D eigenvalue weighted by Gasteiger charge is 2.24. The van der Waals surface area contributed by atoms with Crippen LogP contribution in [0.4, 0.5) is 0 Å². The SMILES string of the molecule is CCCCCCCCCCCCCC(CCCCCCCCCCCCC)c1[nH]cc[n+]1C(C)CC. The van der Waals surface area contributed by atoms with E-state index in [0.717, 1.165) is 0 Å². The van der Waals surface area contributed by atoms with Crippen LogP contribution in [0, 0.1) is 0 Å². The van der Waals surface area contributed by atoms with Crippen LogP contribution >= 0.6 is 0 Å². The van der Waals surface area contributed by atoms with Gasteiger partial charge in [-0.25, -0.2) is 9.55 Å². The molecule has 1 N–H and O–H groups in total. The Kier molecular flexibility index (Phi) is 22.7. The molecular weight excluding hydrogens is 436 g/mol. The Balaban J connectivity index is 2.27. The van der Waals surface area contributed by atoms with Gasteiger partial charge in [-0.2, -0.15) is 0 Å². The third-order valence-electron chi connectivity index (χ3n) is 8.51. The third kappa shape index (κ3) is 16.9. The van der Waals surface area contributed by atoms with Crippen molar-refractivity contribution in [3.05, 3.63) is 18.2 Å². The van der Waals surface area contributed by atoms with Crippen molar-refractivity contribution in [2.75, 3.05) is 0 Å². The summed E-state index contributed by atoms with van der Waals surface area (Å²) in [6.45, 7) is 9.31. The normalized spacial score (nSPS) is 12.6. The van der Waals surface area contributed by atoms with Crippen molar-refractivity contribution in [3.63, 3.8) is 0 Å². The molecule has 2 heteroatoms. The number of aromatic amines is 1. The van der Waals surface area contributed by atoms with E-state index in [9.17, 15) is 0 Å². The van der Waals surface area contributed by atoms with Crippen molar-refractivity contribution in [2.24, 2.45) is 0 Å². The van der Waals surface area contributed by atoms with Crippen LogP contribution in [0.1, 0.15) is 206 Å². The molecule has 1 rings (SSSR count). The number of aromatic nitrogens is 2. The van der Waals surface area contributed by atoms with Gasteiger partial charge in [0.05, 0.1) is 12.0 Å². The summed E-state index contributed by atoms with van der Waals surface area (Å²) in [4.78, 5) is 3.66. The van der Waals surface area contributed by atoms with Gasteiger partial charge in [0, 0.05) is 0 Å². The topological polar surface area (TPSA) is 19.7 Å². The Labute approximate surface area is 227 Å². The van der Waals surface area contributed by atoms with E-state index in [0.29, 0.717) is 12.0 Å². The molecule has 0 aliphatic heterocycles. The first-order valence-corrected chi connectivity index (χ1v) is 16.8. The molecule has 1 aromatic rings. The minimum atomic E-state index is 0.600. The molecule has 0 aromatic carbocycles. The largest absolute Gasteiger partial charge is 0.257 e. The number of rotatable bonds is 27. The summed E-state index contributed by atoms with van der Waals surface area (Å²) >= 11 is 0. The molecule has 0 saturated heterocycles. The van der Waals surface area contributed by atoms with Gasteiger partial charge in [-0.15, -0.1) is 0 Å². The predicted octanol–water partition coefficient (Wildman–Crippen LogP) is 11.8. The second-order valence-corrected chi connectivity index (χ2v) is 11.9. The van der Waals surface area contributed by atoms with E-state index in [-0.39, 0.29) is 0 Å². The first-order valence-electron chi connectivity index (χ1n) is 16.8. The van der Waals surface area contributed by atoms with Crippen LogP contribution in [0.15, 0.2) is 12.4 Å². The van der Waals surface area contributed by atoms with E-state index in [2.05, 4.69) is 49.6 Å². The molecule has 212 valence electrons. The maximum absolute atomic E-state index is 3.66. The quantitative estimate of drug-likeness (QED) is 0.0909. The van der Waals surface area contributed by atoms with Gasteiger partial charge < -0.3 is 0 Å². The Hall–Kier alpha value is -0.790. The van der Waals surface area contributed by atoms with Crippen LogP contribution in [0.2, 0.25) is 0 Å². The monoisotopic (exact) mass is 504 g/mol. The first kappa shape index (κ1) is 33.2. The summed E-state index contributed by atoms with van der Waals surface area (Å²) in [6, 6.07) is 0.600. The fraction of sp³-hybridized carbons (Fsp3) is 0.912. The Morgan fingerprint density at radius 1 is 0.556 bits per heavy atom. The van der Waals surface area contributed by atoms with Crippen LogP contribution in [0.5, 0.6) is 0 Å². The highest BCUT2D eigenvalue weighted by atomic mass is 15.1. The minimum Gasteiger partial charge on any atom is -0.247 e. The molecule has 0 fully saturated rings. The van der Waals surface area contributed by atoms with Gasteiger partial charge in [-0.05, 0) is 26.2 Å². The zero-order valence-corrected chi connectivity index (χ0v) is 25.4. The number of H-pyrrole nitrogens is 1. The first-order chi connectivity index (χ1) is 17.7. The molecule has 1 aromatic heterocycles. The van der Waals surface area contributed by atoms with E-state index in [4.69, 9.17) is 0 Å². The van der Waals surface area contributed by atoms with Gasteiger partial charge in [0.2, 0.25) is 0 Å². The molecule has 1 atom stereocenters. The second kappa shape index (κ2) is 24.5. The summed E-state index contributed by atoms with van der Waals surface area (Å²) in [5.74, 6) is 2.22. The van der Waals surface area contributed by atoms with Gasteiger partial charge in [-0.1, -0.05) is 162 Å². The molecule has 2 nitrogen and oxygen atoms in total. The molecule has 36 heavy (non-hydrogen) atoms. The highest BCUT2D eigenvalue weighted by Crippen LogP contribution is 2.27. The standard InChI is InChI=1S/C34H66N2/c1-5-8-10-12-14-16-18-20-22-24-26-28-33(34-35-30-31-36(34)32(4)7-3)29-27-25-23-21-19-17-15-13-11-9-6-2/h30-33H,5-29H2,1-4H3/p+1. The number of unbranched alkanes of at least 4 members (excludes halogenated alkanes) is 20. The molecule has 0 aliphatic rings. The van der Waals surface area contributed by atoms with Crippen molar-refractivity contribution in [2.45, 2.75) is 200 Å². The zero-order valence-electron chi connectivity index (χ0n) is 25.4. The van der Waals surface area contributed by atoms with Crippen LogP contribution in [-0.4, -0.2) is 4.98 Å². The predicted molar refractivity (Wildman–Crippen MR) is 161 cm³/mol. The van der Waals surface area contributed by atoms with Crippen molar-refractivity contribution < 1.29 is 4.57 Å². The molecule has 0 radical (unpaired) electrons. The van der Waals surface area contributed by atoms with Gasteiger partial charge >= 0.3 is 0 Å². The highest BCUT2D eigenvalue weighted by molar-refractivity contribution is 4.90. The number of nitrogens with zero attached hydrogens (tertiary/aromatic N) is 1. The van der Waals surface area contributed by atoms with Gasteiger partial charge in [0.1, 0.15) is 12.4 Å². The van der Waals surface area contributed by atoms with Crippen LogP contribution in [0.25, 0.3) is 0 Å². The lowest BCUT2D eigenvalue weighted by atomic mass is 9.93. The van der Waals surface area contributed by atoms with E-state index < -0.39 is 0 Å². The molecule has 0 spiro atoms. The maximum atomic E-state index is 3.66. The second-order valence-electron chi connectivity index (χ2n) is 11.9. The summed E-state index contributed by atoms with van der Waals surface area (Å²) in [7, 11) is 0. The third-order valence-corrected chi connectivity index (χ3v) is 8.51. The van der Waals surface area contributed by atoms with Gasteiger partial charge in [0.25, 0.3) is 5.82 Å². The number of nitrogens with one attached hydrogen (secondary N) is 1. The lowest BCUT2D eigenvalue weighted by molar-refractivity contribution is -0.726. The lowest BCUT2D eigenvalue weighted by Crippen LogP contribution is -2.40. The van der Waals surface area contributed by atoms with Gasteiger partial charge in [0.15, 0.2) is 0 Å². The van der Waals surface area contributed by atoms with Crippen LogP contribution in [0.3, 0.4) is 0 Å². The smallest absolute Gasteiger partial charge is 0.247 e.